The molecule has 0 saturated carbocycles. The van der Waals surface area contributed by atoms with Crippen molar-refractivity contribution in [3.8, 4) is 0 Å². The van der Waals surface area contributed by atoms with E-state index in [9.17, 15) is 18.0 Å². The molecule has 1 aromatic carbocycles. The van der Waals surface area contributed by atoms with Gasteiger partial charge in [0.15, 0.2) is 0 Å². The lowest BCUT2D eigenvalue weighted by molar-refractivity contribution is -0.137. The van der Waals surface area contributed by atoms with Crippen LogP contribution in [0.4, 0.5) is 19.0 Å². The largest absolute Gasteiger partial charge is 0.416 e. The summed E-state index contributed by atoms with van der Waals surface area (Å²) < 4.78 is 50.1. The van der Waals surface area contributed by atoms with Gasteiger partial charge in [0.05, 0.1) is 49.1 Å². The number of hydrogen-bond donors (Lipinski definition) is 2. The second-order valence-electron chi connectivity index (χ2n) is 7.75. The molecule has 1 atom stereocenters. The summed E-state index contributed by atoms with van der Waals surface area (Å²) >= 11 is 0. The van der Waals surface area contributed by atoms with Crippen LogP contribution < -0.4 is 5.73 Å². The lowest BCUT2D eigenvalue weighted by atomic mass is 9.95. The van der Waals surface area contributed by atoms with Gasteiger partial charge in [-0.3, -0.25) is 4.79 Å². The number of H-pyrrole nitrogens is 1. The van der Waals surface area contributed by atoms with Crippen LogP contribution in [0.25, 0.3) is 11.0 Å². The van der Waals surface area contributed by atoms with Gasteiger partial charge in [0.25, 0.3) is 5.91 Å². The normalized spacial score (nSPS) is 18.1. The van der Waals surface area contributed by atoms with Crippen LogP contribution in [0.5, 0.6) is 0 Å². The van der Waals surface area contributed by atoms with Gasteiger partial charge in [-0.25, -0.2) is 4.98 Å². The number of fused-ring (bicyclic) bond motifs is 4. The van der Waals surface area contributed by atoms with Gasteiger partial charge >= 0.3 is 6.18 Å². The number of nitrogen functional groups attached to an aromatic ring is 1. The van der Waals surface area contributed by atoms with Gasteiger partial charge in [0.1, 0.15) is 11.5 Å². The van der Waals surface area contributed by atoms with Crippen LogP contribution in [0, 0.1) is 0 Å². The van der Waals surface area contributed by atoms with Crippen molar-refractivity contribution in [1.29, 1.82) is 0 Å². The van der Waals surface area contributed by atoms with Gasteiger partial charge in [-0.2, -0.15) is 13.2 Å². The van der Waals surface area contributed by atoms with Crippen LogP contribution in [0.3, 0.4) is 0 Å². The zero-order chi connectivity index (χ0) is 21.9. The molecule has 0 aliphatic carbocycles. The van der Waals surface area contributed by atoms with Crippen molar-refractivity contribution in [3.63, 3.8) is 0 Å². The molecule has 2 aliphatic heterocycles. The second kappa shape index (κ2) is 6.96. The molecule has 0 bridgehead atoms. The maximum Gasteiger partial charge on any atom is 0.416 e. The Bertz CT molecular complexity index is 1200. The van der Waals surface area contributed by atoms with E-state index in [2.05, 4.69) is 9.97 Å². The molecule has 4 heterocycles. The second-order valence-corrected chi connectivity index (χ2v) is 7.75. The van der Waals surface area contributed by atoms with Crippen molar-refractivity contribution in [3.05, 3.63) is 57.8 Å². The van der Waals surface area contributed by atoms with Gasteiger partial charge in [-0.1, -0.05) is 6.07 Å². The van der Waals surface area contributed by atoms with E-state index in [-0.39, 0.29) is 19.1 Å². The summed E-state index contributed by atoms with van der Waals surface area (Å²) in [6, 6.07) is 4.65. The van der Waals surface area contributed by atoms with E-state index < -0.39 is 17.8 Å². The van der Waals surface area contributed by atoms with E-state index >= 15 is 0 Å². The number of nitrogens with one attached hydrogen (secondary N) is 1. The Hall–Kier alpha value is -3.11. The fourth-order valence-electron chi connectivity index (χ4n) is 4.21. The van der Waals surface area contributed by atoms with Crippen LogP contribution in [-0.2, 0) is 35.5 Å². The molecule has 7 nitrogen and oxygen atoms in total. The van der Waals surface area contributed by atoms with Gasteiger partial charge in [-0.05, 0) is 29.3 Å². The summed E-state index contributed by atoms with van der Waals surface area (Å²) in [7, 11) is 1.60. The summed E-state index contributed by atoms with van der Waals surface area (Å²) in [5.41, 5.74) is 9.60. The highest BCUT2D eigenvalue weighted by atomic mass is 19.4. The molecule has 0 saturated heterocycles. The molecule has 31 heavy (non-hydrogen) atoms. The average Bonchev–Trinajstić information content (AvgIpc) is 3.38. The molecule has 3 aromatic rings. The van der Waals surface area contributed by atoms with Crippen molar-refractivity contribution in [1.82, 2.24) is 14.9 Å². The van der Waals surface area contributed by atoms with Crippen molar-refractivity contribution in [2.24, 2.45) is 0 Å². The molecular formula is C21H19F3N4O3. The number of aromatic nitrogens is 2. The summed E-state index contributed by atoms with van der Waals surface area (Å²) in [6.07, 6.45) is -4.44. The summed E-state index contributed by atoms with van der Waals surface area (Å²) in [5, 5.41) is 0. The SMILES string of the molecule is CN(C(=O)c1cc2nc(N)c3c(c2[nH]1)COC3)[C@H]1COCc2cc(C(F)(F)F)ccc21. The minimum absolute atomic E-state index is 0.0690. The van der Waals surface area contributed by atoms with Gasteiger partial charge in [-0.15, -0.1) is 0 Å². The number of likely N-dealkylation sites (N-methyl/N-ethyl adjacent to an activating group) is 1. The molecule has 3 N–H and O–H groups in total. The predicted molar refractivity (Wildman–Crippen MR) is 105 cm³/mol. The van der Waals surface area contributed by atoms with E-state index in [4.69, 9.17) is 15.2 Å². The van der Waals surface area contributed by atoms with Crippen molar-refractivity contribution in [2.45, 2.75) is 32.0 Å². The Morgan fingerprint density at radius 1 is 1.19 bits per heavy atom. The molecule has 0 unspecified atom stereocenters. The number of carbonyl (C=O) groups is 1. The number of halogens is 3. The molecule has 162 valence electrons. The Kier molecular flexibility index (Phi) is 4.45. The zero-order valence-corrected chi connectivity index (χ0v) is 16.5. The lowest BCUT2D eigenvalue weighted by Gasteiger charge is -2.33. The standard InChI is InChI=1S/C21H19F3N4O3/c1-28(17-9-30-6-10-4-11(21(22,23)24)2-3-12(10)17)20(29)16-5-15-18(26-16)13-7-31-8-14(13)19(25)27-15/h2-5,17,26H,6-9H2,1H3,(H2,25,27)/t17-/m0/s1. The van der Waals surface area contributed by atoms with Crippen molar-refractivity contribution in [2.75, 3.05) is 19.4 Å². The van der Waals surface area contributed by atoms with E-state index in [1.165, 1.54) is 11.0 Å². The average molecular weight is 432 g/mol. The first-order valence-electron chi connectivity index (χ1n) is 9.66. The molecule has 0 spiro atoms. The number of aromatic amines is 1. The number of nitrogens with two attached hydrogens (primary N) is 1. The number of nitrogens with zero attached hydrogens (tertiary/aromatic N) is 2. The maximum absolute atomic E-state index is 13.2. The number of rotatable bonds is 2. The molecule has 5 rings (SSSR count). The van der Waals surface area contributed by atoms with E-state index in [1.807, 2.05) is 0 Å². The highest BCUT2D eigenvalue weighted by molar-refractivity contribution is 5.98. The first-order chi connectivity index (χ1) is 14.7. The van der Waals surface area contributed by atoms with E-state index in [0.29, 0.717) is 46.9 Å². The number of pyridine rings is 1. The number of hydrogen-bond acceptors (Lipinski definition) is 5. The Balaban J connectivity index is 1.48. The molecule has 1 amide bonds. The zero-order valence-electron chi connectivity index (χ0n) is 16.5. The maximum atomic E-state index is 13.2. The highest BCUT2D eigenvalue weighted by Crippen LogP contribution is 2.36. The van der Waals surface area contributed by atoms with Crippen molar-refractivity contribution >= 4 is 22.8 Å². The van der Waals surface area contributed by atoms with E-state index in [0.717, 1.165) is 23.3 Å². The third-order valence-electron chi connectivity index (χ3n) is 5.89. The molecule has 10 heteroatoms. The van der Waals surface area contributed by atoms with Crippen LogP contribution in [0.2, 0.25) is 0 Å². The van der Waals surface area contributed by atoms with Crippen LogP contribution in [0.1, 0.15) is 44.3 Å². The Morgan fingerprint density at radius 2 is 1.97 bits per heavy atom. The number of anilines is 1. The fraction of sp³-hybridized carbons (Fsp3) is 0.333. The summed E-state index contributed by atoms with van der Waals surface area (Å²) in [4.78, 5) is 22.1. The summed E-state index contributed by atoms with van der Waals surface area (Å²) in [6.45, 7) is 1.02. The van der Waals surface area contributed by atoms with E-state index in [1.54, 1.807) is 13.1 Å². The highest BCUT2D eigenvalue weighted by Gasteiger charge is 2.34. The monoisotopic (exact) mass is 432 g/mol. The molecule has 0 fully saturated rings. The lowest BCUT2D eigenvalue weighted by Crippen LogP contribution is -2.36. The predicted octanol–water partition coefficient (Wildman–Crippen LogP) is 3.54. The Labute approximate surface area is 174 Å². The number of ether oxygens (including phenoxy) is 2. The molecule has 2 aliphatic rings. The topological polar surface area (TPSA) is 93.5 Å². The fourth-order valence-corrected chi connectivity index (χ4v) is 4.21. The summed E-state index contributed by atoms with van der Waals surface area (Å²) in [5.74, 6) is 0.0482. The van der Waals surface area contributed by atoms with Crippen LogP contribution in [-0.4, -0.2) is 34.4 Å². The minimum Gasteiger partial charge on any atom is -0.383 e. The quantitative estimate of drug-likeness (QED) is 0.646. The number of carbonyl (C=O) groups excluding carboxylic acids is 1. The number of benzene rings is 1. The first kappa shape index (κ1) is 19.8. The Morgan fingerprint density at radius 3 is 2.74 bits per heavy atom. The van der Waals surface area contributed by atoms with Gasteiger partial charge in [0.2, 0.25) is 0 Å². The third kappa shape index (κ3) is 3.22. The van der Waals surface area contributed by atoms with Gasteiger partial charge in [0, 0.05) is 18.2 Å². The van der Waals surface area contributed by atoms with Gasteiger partial charge < -0.3 is 25.1 Å². The van der Waals surface area contributed by atoms with Crippen LogP contribution in [0.15, 0.2) is 24.3 Å². The number of amides is 1. The molecule has 0 radical (unpaired) electrons. The third-order valence-corrected chi connectivity index (χ3v) is 5.89. The van der Waals surface area contributed by atoms with Crippen LogP contribution >= 0.6 is 0 Å². The number of alkyl halides is 3. The smallest absolute Gasteiger partial charge is 0.383 e. The van der Waals surface area contributed by atoms with Crippen molar-refractivity contribution < 1.29 is 27.4 Å². The first-order valence-corrected chi connectivity index (χ1v) is 9.66. The molecule has 2 aromatic heterocycles. The minimum atomic E-state index is -4.44. The molecular weight excluding hydrogens is 413 g/mol.